The van der Waals surface area contributed by atoms with E-state index >= 15 is 0 Å². The van der Waals surface area contributed by atoms with E-state index in [0.29, 0.717) is 5.56 Å². The fraction of sp³-hybridized carbons (Fsp3) is 0.125. The molecule has 1 aromatic rings. The Morgan fingerprint density at radius 2 is 2.00 bits per heavy atom. The van der Waals surface area contributed by atoms with Crippen molar-refractivity contribution < 1.29 is 14.8 Å². The second-order valence-electron chi connectivity index (χ2n) is 2.52. The van der Waals surface area contributed by atoms with Crippen LogP contribution in [0.2, 0.25) is 0 Å². The fourth-order valence-electron chi connectivity index (χ4n) is 0.882. The molecule has 0 saturated heterocycles. The zero-order valence-corrected chi connectivity index (χ0v) is 7.08. The predicted molar refractivity (Wildman–Crippen MR) is 47.0 cm³/mol. The number of nitro groups is 1. The molecule has 0 aliphatic carbocycles. The summed E-state index contributed by atoms with van der Waals surface area (Å²) in [7, 11) is 0. The van der Waals surface area contributed by atoms with Crippen LogP contribution in [0.25, 0.3) is 0 Å². The summed E-state index contributed by atoms with van der Waals surface area (Å²) in [5, 5.41) is 21.7. The maximum atomic E-state index is 10.3. The minimum absolute atomic E-state index is 0.0212. The highest BCUT2D eigenvalue weighted by Crippen LogP contribution is 2.11. The number of carboxylic acid groups (broad SMARTS) is 1. The lowest BCUT2D eigenvalue weighted by Gasteiger charge is -1.97. The van der Waals surface area contributed by atoms with Gasteiger partial charge in [0.25, 0.3) is 5.69 Å². The van der Waals surface area contributed by atoms with Gasteiger partial charge in [-0.2, -0.15) is 0 Å². The minimum atomic E-state index is -1.25. The molecule has 0 aromatic heterocycles. The Balaban J connectivity index is 2.64. The number of hydrogen-bond donors (Lipinski definition) is 1. The van der Waals surface area contributed by atoms with Crippen molar-refractivity contribution in [3.05, 3.63) is 39.9 Å². The summed E-state index contributed by atoms with van der Waals surface area (Å²) >= 11 is 0. The Morgan fingerprint density at radius 1 is 1.43 bits per heavy atom. The molecule has 0 aliphatic rings. The Hall–Kier alpha value is -2.11. The van der Waals surface area contributed by atoms with Crippen molar-refractivity contribution in [3.63, 3.8) is 0 Å². The summed E-state index contributed by atoms with van der Waals surface area (Å²) in [6.07, 6.45) is -1.25. The molecule has 0 aliphatic heterocycles. The summed E-state index contributed by atoms with van der Waals surface area (Å²) in [6.45, 7) is 0.0212. The maximum Gasteiger partial charge on any atom is 0.426 e. The molecule has 73 valence electrons. The van der Waals surface area contributed by atoms with Crippen molar-refractivity contribution in [3.8, 4) is 0 Å². The van der Waals surface area contributed by atoms with Crippen LogP contribution in [0.15, 0.2) is 24.3 Å². The molecule has 1 amide bonds. The van der Waals surface area contributed by atoms with Crippen molar-refractivity contribution in [1.29, 1.82) is 0 Å². The van der Waals surface area contributed by atoms with E-state index < -0.39 is 11.0 Å². The lowest BCUT2D eigenvalue weighted by atomic mass is 10.2. The van der Waals surface area contributed by atoms with Crippen molar-refractivity contribution in [2.24, 2.45) is 0 Å². The van der Waals surface area contributed by atoms with E-state index in [1.807, 2.05) is 0 Å². The average Bonchev–Trinajstić information content (AvgIpc) is 2.15. The Bertz CT molecular complexity index is 347. The first-order valence-corrected chi connectivity index (χ1v) is 3.73. The van der Waals surface area contributed by atoms with Gasteiger partial charge in [0.2, 0.25) is 0 Å². The molecular formula is C8H7N2O4. The molecule has 1 radical (unpaired) electrons. The topological polar surface area (TPSA) is 94.5 Å². The number of nitrogens with zero attached hydrogens (tertiary/aromatic N) is 2. The van der Waals surface area contributed by atoms with Gasteiger partial charge in [0.05, 0.1) is 11.5 Å². The van der Waals surface area contributed by atoms with E-state index in [1.54, 1.807) is 0 Å². The lowest BCUT2D eigenvalue weighted by molar-refractivity contribution is -0.384. The Kier molecular flexibility index (Phi) is 3.01. The molecule has 0 atom stereocenters. The molecule has 1 aromatic carbocycles. The molecule has 0 fully saturated rings. The van der Waals surface area contributed by atoms with E-state index in [4.69, 9.17) is 5.11 Å². The highest BCUT2D eigenvalue weighted by atomic mass is 16.6. The first-order chi connectivity index (χ1) is 6.59. The standard InChI is InChI=1S/C8H7N2O4/c11-8(12)9-5-6-1-3-7(4-2-6)10(13)14/h1-4H,5H2,(H,11,12). The van der Waals surface area contributed by atoms with Gasteiger partial charge in [0.15, 0.2) is 0 Å². The number of amides is 1. The average molecular weight is 195 g/mol. The first kappa shape index (κ1) is 9.97. The second-order valence-corrected chi connectivity index (χ2v) is 2.52. The molecule has 6 heteroatoms. The van der Waals surface area contributed by atoms with Crippen molar-refractivity contribution in [2.75, 3.05) is 0 Å². The van der Waals surface area contributed by atoms with Crippen molar-refractivity contribution >= 4 is 11.8 Å². The normalized spacial score (nSPS) is 9.43. The fourth-order valence-corrected chi connectivity index (χ4v) is 0.882. The Labute approximate surface area is 79.3 Å². The van der Waals surface area contributed by atoms with Crippen molar-refractivity contribution in [2.45, 2.75) is 6.54 Å². The van der Waals surface area contributed by atoms with Crippen LogP contribution in [0.3, 0.4) is 0 Å². The van der Waals surface area contributed by atoms with Crippen LogP contribution in [-0.4, -0.2) is 16.1 Å². The first-order valence-electron chi connectivity index (χ1n) is 3.73. The number of nitro benzene ring substituents is 1. The third kappa shape index (κ3) is 2.74. The van der Waals surface area contributed by atoms with Gasteiger partial charge in [-0.3, -0.25) is 10.1 Å². The van der Waals surface area contributed by atoms with Gasteiger partial charge in [-0.05, 0) is 5.56 Å². The van der Waals surface area contributed by atoms with Gasteiger partial charge in [0.1, 0.15) is 0 Å². The van der Waals surface area contributed by atoms with E-state index in [2.05, 4.69) is 5.32 Å². The number of non-ortho nitro benzene ring substituents is 1. The molecule has 6 nitrogen and oxygen atoms in total. The summed E-state index contributed by atoms with van der Waals surface area (Å²) in [6, 6.07) is 5.58. The monoisotopic (exact) mass is 195 g/mol. The van der Waals surface area contributed by atoms with E-state index in [0.717, 1.165) is 0 Å². The summed E-state index contributed by atoms with van der Waals surface area (Å²) in [5.74, 6) is 0. The van der Waals surface area contributed by atoms with Crippen LogP contribution in [0, 0.1) is 10.1 Å². The van der Waals surface area contributed by atoms with E-state index in [-0.39, 0.29) is 12.2 Å². The van der Waals surface area contributed by atoms with Gasteiger partial charge in [-0.1, -0.05) is 12.1 Å². The van der Waals surface area contributed by atoms with Crippen LogP contribution >= 0.6 is 0 Å². The van der Waals surface area contributed by atoms with Crippen molar-refractivity contribution in [1.82, 2.24) is 5.32 Å². The highest BCUT2D eigenvalue weighted by Gasteiger charge is 2.04. The van der Waals surface area contributed by atoms with Gasteiger partial charge in [-0.15, -0.1) is 0 Å². The molecular weight excluding hydrogens is 188 g/mol. The van der Waals surface area contributed by atoms with Crippen LogP contribution in [-0.2, 0) is 6.54 Å². The quantitative estimate of drug-likeness (QED) is 0.582. The smallest absolute Gasteiger partial charge is 0.426 e. The number of hydrogen-bond acceptors (Lipinski definition) is 3. The third-order valence-electron chi connectivity index (χ3n) is 1.54. The summed E-state index contributed by atoms with van der Waals surface area (Å²) in [5.41, 5.74) is 0.599. The molecule has 1 N–H and O–H groups in total. The van der Waals surface area contributed by atoms with E-state index in [1.165, 1.54) is 24.3 Å². The Morgan fingerprint density at radius 3 is 2.43 bits per heavy atom. The van der Waals surface area contributed by atoms with Gasteiger partial charge in [-0.25, -0.2) is 10.1 Å². The van der Waals surface area contributed by atoms with Gasteiger partial charge < -0.3 is 5.11 Å². The van der Waals surface area contributed by atoms with Crippen LogP contribution in [0.5, 0.6) is 0 Å². The van der Waals surface area contributed by atoms with Crippen LogP contribution in [0.1, 0.15) is 5.56 Å². The molecule has 14 heavy (non-hydrogen) atoms. The highest BCUT2D eigenvalue weighted by molar-refractivity contribution is 5.64. The SMILES string of the molecule is O=C(O)[N]Cc1ccc([N+](=O)[O-])cc1. The van der Waals surface area contributed by atoms with Crippen LogP contribution in [0.4, 0.5) is 10.5 Å². The maximum absolute atomic E-state index is 10.3. The largest absolute Gasteiger partial charge is 0.464 e. The summed E-state index contributed by atoms with van der Waals surface area (Å²) < 4.78 is 0. The van der Waals surface area contributed by atoms with Gasteiger partial charge in [0, 0.05) is 12.1 Å². The minimum Gasteiger partial charge on any atom is -0.464 e. The molecule has 0 heterocycles. The number of rotatable bonds is 3. The predicted octanol–water partition coefficient (Wildman–Crippen LogP) is 1.38. The second kappa shape index (κ2) is 4.22. The molecule has 0 bridgehead atoms. The van der Waals surface area contributed by atoms with E-state index in [9.17, 15) is 14.9 Å². The lowest BCUT2D eigenvalue weighted by Crippen LogP contribution is -2.11. The van der Waals surface area contributed by atoms with Gasteiger partial charge >= 0.3 is 6.09 Å². The third-order valence-corrected chi connectivity index (χ3v) is 1.54. The number of carbonyl (C=O) groups is 1. The van der Waals surface area contributed by atoms with Crippen LogP contribution < -0.4 is 5.32 Å². The molecule has 1 rings (SSSR count). The zero-order chi connectivity index (χ0) is 10.6. The molecule has 0 spiro atoms. The molecule has 0 unspecified atom stereocenters. The zero-order valence-electron chi connectivity index (χ0n) is 7.08. The summed E-state index contributed by atoms with van der Waals surface area (Å²) in [4.78, 5) is 19.8. The number of benzene rings is 1. The molecule has 0 saturated carbocycles.